The Morgan fingerprint density at radius 1 is 1.30 bits per heavy atom. The highest BCUT2D eigenvalue weighted by Crippen LogP contribution is 2.29. The zero-order valence-electron chi connectivity index (χ0n) is 12.9. The van der Waals surface area contributed by atoms with Crippen LogP contribution in [0.5, 0.6) is 11.5 Å². The van der Waals surface area contributed by atoms with E-state index in [2.05, 4.69) is 24.1 Å². The number of aromatic nitrogens is 1. The molecule has 0 saturated heterocycles. The van der Waals surface area contributed by atoms with Crippen LogP contribution in [0, 0.1) is 5.41 Å². The molecule has 114 valence electrons. The van der Waals surface area contributed by atoms with Crippen LogP contribution in [0.4, 0.5) is 0 Å². The van der Waals surface area contributed by atoms with E-state index in [1.807, 2.05) is 0 Å². The number of aliphatic hydroxyl groups excluding tert-OH is 1. The Kier molecular flexibility index (Phi) is 6.75. The molecule has 2 N–H and O–H groups in total. The van der Waals surface area contributed by atoms with Gasteiger partial charge in [0.25, 0.3) is 0 Å². The second-order valence-electron chi connectivity index (χ2n) is 5.59. The lowest BCUT2D eigenvalue weighted by atomic mass is 9.88. The minimum atomic E-state index is 0.148. The summed E-state index contributed by atoms with van der Waals surface area (Å²) in [5.74, 6) is 1.37. The van der Waals surface area contributed by atoms with Crippen LogP contribution in [0.1, 0.15) is 32.4 Å². The van der Waals surface area contributed by atoms with Crippen LogP contribution in [0.25, 0.3) is 0 Å². The Bertz CT molecular complexity index is 408. The number of aliphatic hydroxyl groups is 1. The summed E-state index contributed by atoms with van der Waals surface area (Å²) < 4.78 is 10.6. The smallest absolute Gasteiger partial charge is 0.183 e. The van der Waals surface area contributed by atoms with Gasteiger partial charge < -0.3 is 19.9 Å². The summed E-state index contributed by atoms with van der Waals surface area (Å²) in [6.07, 6.45) is 3.53. The fourth-order valence-electron chi connectivity index (χ4n) is 2.14. The lowest BCUT2D eigenvalue weighted by molar-refractivity contribution is 0.236. The summed E-state index contributed by atoms with van der Waals surface area (Å²) in [5, 5.41) is 12.3. The Balaban J connectivity index is 2.57. The van der Waals surface area contributed by atoms with E-state index < -0.39 is 0 Å². The maximum Gasteiger partial charge on any atom is 0.183 e. The molecule has 0 aliphatic heterocycles. The van der Waals surface area contributed by atoms with Crippen LogP contribution in [0.15, 0.2) is 12.3 Å². The number of ether oxygens (including phenoxy) is 2. The minimum absolute atomic E-state index is 0.148. The average Bonchev–Trinajstić information content (AvgIpc) is 2.44. The number of hydrogen-bond donors (Lipinski definition) is 2. The zero-order valence-corrected chi connectivity index (χ0v) is 12.9. The van der Waals surface area contributed by atoms with Crippen molar-refractivity contribution in [2.24, 2.45) is 5.41 Å². The van der Waals surface area contributed by atoms with E-state index in [4.69, 9.17) is 14.6 Å². The van der Waals surface area contributed by atoms with Crippen LogP contribution in [0.3, 0.4) is 0 Å². The predicted molar refractivity (Wildman–Crippen MR) is 79.1 cm³/mol. The molecule has 5 nitrogen and oxygen atoms in total. The Morgan fingerprint density at radius 3 is 2.65 bits per heavy atom. The summed E-state index contributed by atoms with van der Waals surface area (Å²) in [7, 11) is 3.24. The van der Waals surface area contributed by atoms with Gasteiger partial charge in [-0.15, -0.1) is 0 Å². The number of methoxy groups -OCH3 is 2. The van der Waals surface area contributed by atoms with Gasteiger partial charge in [-0.2, -0.15) is 0 Å². The molecule has 1 rings (SSSR count). The fourth-order valence-corrected chi connectivity index (χ4v) is 2.14. The Morgan fingerprint density at radius 2 is 2.05 bits per heavy atom. The molecule has 1 heterocycles. The second kappa shape index (κ2) is 8.07. The maximum atomic E-state index is 8.90. The zero-order chi connectivity index (χ0) is 15.0. The lowest BCUT2D eigenvalue weighted by Gasteiger charge is -2.25. The summed E-state index contributed by atoms with van der Waals surface area (Å²) in [4.78, 5) is 4.33. The van der Waals surface area contributed by atoms with Crippen molar-refractivity contribution < 1.29 is 14.6 Å². The van der Waals surface area contributed by atoms with Gasteiger partial charge in [0.2, 0.25) is 0 Å². The summed E-state index contributed by atoms with van der Waals surface area (Å²) >= 11 is 0. The van der Waals surface area contributed by atoms with Gasteiger partial charge in [0.15, 0.2) is 11.5 Å². The van der Waals surface area contributed by atoms with E-state index in [0.29, 0.717) is 18.0 Å². The first kappa shape index (κ1) is 16.7. The van der Waals surface area contributed by atoms with Gasteiger partial charge >= 0.3 is 0 Å². The molecule has 0 spiro atoms. The SMILES string of the molecule is COc1ccnc(CNCC(C)(C)CCCO)c1OC. The van der Waals surface area contributed by atoms with Crippen molar-refractivity contribution in [1.29, 1.82) is 0 Å². The van der Waals surface area contributed by atoms with Gasteiger partial charge in [-0.05, 0) is 18.3 Å². The largest absolute Gasteiger partial charge is 0.493 e. The van der Waals surface area contributed by atoms with Gasteiger partial charge in [-0.3, -0.25) is 4.98 Å². The topological polar surface area (TPSA) is 63.6 Å². The molecule has 0 atom stereocenters. The summed E-state index contributed by atoms with van der Waals surface area (Å²) in [6, 6.07) is 1.79. The van der Waals surface area contributed by atoms with Crippen molar-refractivity contribution in [3.05, 3.63) is 18.0 Å². The highest BCUT2D eigenvalue weighted by Gasteiger charge is 2.17. The highest BCUT2D eigenvalue weighted by molar-refractivity contribution is 5.42. The first-order valence-corrected chi connectivity index (χ1v) is 6.91. The molecule has 0 aliphatic carbocycles. The normalized spacial score (nSPS) is 11.4. The molecule has 1 aromatic heterocycles. The van der Waals surface area contributed by atoms with E-state index in [9.17, 15) is 0 Å². The quantitative estimate of drug-likeness (QED) is 0.725. The molecule has 20 heavy (non-hydrogen) atoms. The first-order valence-electron chi connectivity index (χ1n) is 6.91. The van der Waals surface area contributed by atoms with Crippen molar-refractivity contribution in [1.82, 2.24) is 10.3 Å². The van der Waals surface area contributed by atoms with Gasteiger partial charge in [-0.1, -0.05) is 13.8 Å². The molecule has 5 heteroatoms. The van der Waals surface area contributed by atoms with Crippen molar-refractivity contribution in [3.63, 3.8) is 0 Å². The monoisotopic (exact) mass is 282 g/mol. The highest BCUT2D eigenvalue weighted by atomic mass is 16.5. The van der Waals surface area contributed by atoms with Crippen LogP contribution in [0.2, 0.25) is 0 Å². The minimum Gasteiger partial charge on any atom is -0.493 e. The summed E-state index contributed by atoms with van der Waals surface area (Å²) in [5.41, 5.74) is 0.985. The number of nitrogens with zero attached hydrogens (tertiary/aromatic N) is 1. The molecule has 0 bridgehead atoms. The van der Waals surface area contributed by atoms with Crippen molar-refractivity contribution in [2.75, 3.05) is 27.4 Å². The van der Waals surface area contributed by atoms with Crippen molar-refractivity contribution >= 4 is 0 Å². The van der Waals surface area contributed by atoms with E-state index in [1.54, 1.807) is 26.5 Å². The Labute approximate surface area is 121 Å². The number of rotatable bonds is 9. The molecule has 0 amide bonds. The second-order valence-corrected chi connectivity index (χ2v) is 5.59. The molecule has 0 radical (unpaired) electrons. The molecule has 0 aliphatic rings. The lowest BCUT2D eigenvalue weighted by Crippen LogP contribution is -2.29. The van der Waals surface area contributed by atoms with E-state index >= 15 is 0 Å². The van der Waals surface area contributed by atoms with Crippen LogP contribution < -0.4 is 14.8 Å². The maximum absolute atomic E-state index is 8.90. The van der Waals surface area contributed by atoms with Crippen LogP contribution in [-0.2, 0) is 6.54 Å². The van der Waals surface area contributed by atoms with Crippen LogP contribution in [-0.4, -0.2) is 37.5 Å². The molecular weight excluding hydrogens is 256 g/mol. The first-order chi connectivity index (χ1) is 9.54. The van der Waals surface area contributed by atoms with Gasteiger partial charge in [0.05, 0.1) is 19.9 Å². The van der Waals surface area contributed by atoms with Crippen LogP contribution >= 0.6 is 0 Å². The number of pyridine rings is 1. The standard InChI is InChI=1S/C15H26N2O3/c1-15(2,7-5-9-18)11-16-10-12-14(20-4)13(19-3)6-8-17-12/h6,8,16,18H,5,7,9-11H2,1-4H3. The third kappa shape index (κ3) is 4.98. The van der Waals surface area contributed by atoms with Gasteiger partial charge in [0.1, 0.15) is 0 Å². The predicted octanol–water partition coefficient (Wildman–Crippen LogP) is 1.99. The molecule has 0 saturated carbocycles. The molecule has 0 unspecified atom stereocenters. The average molecular weight is 282 g/mol. The third-order valence-electron chi connectivity index (χ3n) is 3.27. The molecular formula is C15H26N2O3. The van der Waals surface area contributed by atoms with Crippen molar-refractivity contribution in [2.45, 2.75) is 33.2 Å². The fraction of sp³-hybridized carbons (Fsp3) is 0.667. The molecule has 1 aromatic rings. The molecule has 0 fully saturated rings. The number of nitrogens with one attached hydrogen (secondary N) is 1. The Hall–Kier alpha value is -1.33. The third-order valence-corrected chi connectivity index (χ3v) is 3.27. The number of hydrogen-bond acceptors (Lipinski definition) is 5. The summed E-state index contributed by atoms with van der Waals surface area (Å²) in [6.45, 7) is 6.10. The van der Waals surface area contributed by atoms with Gasteiger partial charge in [-0.25, -0.2) is 0 Å². The van der Waals surface area contributed by atoms with Gasteiger partial charge in [0, 0.05) is 32.0 Å². The van der Waals surface area contributed by atoms with E-state index in [1.165, 1.54) is 0 Å². The molecule has 0 aromatic carbocycles. The van der Waals surface area contributed by atoms with Crippen molar-refractivity contribution in [3.8, 4) is 11.5 Å². The van der Waals surface area contributed by atoms with E-state index in [0.717, 1.165) is 25.1 Å². The van der Waals surface area contributed by atoms with E-state index in [-0.39, 0.29) is 12.0 Å².